The van der Waals surface area contributed by atoms with Gasteiger partial charge in [-0.2, -0.15) is 0 Å². The maximum atomic E-state index is 12.8. The predicted molar refractivity (Wildman–Crippen MR) is 270 cm³/mol. The third kappa shape index (κ3) is 49.7. The molecule has 0 aliphatic rings. The number of carbonyl (C=O) groups excluding carboxylic acids is 3. The number of allylic oxidation sites excluding steroid dienone is 12. The van der Waals surface area contributed by atoms with Gasteiger partial charge in [-0.15, -0.1) is 0 Å². The monoisotopic (exact) mass is 879 g/mol. The van der Waals surface area contributed by atoms with Crippen molar-refractivity contribution in [3.05, 3.63) is 72.9 Å². The van der Waals surface area contributed by atoms with Crippen LogP contribution in [0.25, 0.3) is 0 Å². The Morgan fingerprint density at radius 2 is 0.571 bits per heavy atom. The fourth-order valence-corrected chi connectivity index (χ4v) is 7.12. The highest BCUT2D eigenvalue weighted by atomic mass is 16.6. The van der Waals surface area contributed by atoms with E-state index in [1.54, 1.807) is 0 Å². The Labute approximate surface area is 389 Å². The first-order valence-corrected chi connectivity index (χ1v) is 26.4. The van der Waals surface area contributed by atoms with Crippen molar-refractivity contribution in [3.63, 3.8) is 0 Å². The largest absolute Gasteiger partial charge is 0.462 e. The molecule has 0 bridgehead atoms. The van der Waals surface area contributed by atoms with E-state index in [-0.39, 0.29) is 37.5 Å². The number of hydrogen-bond donors (Lipinski definition) is 0. The van der Waals surface area contributed by atoms with E-state index in [9.17, 15) is 14.4 Å². The highest BCUT2D eigenvalue weighted by molar-refractivity contribution is 5.71. The van der Waals surface area contributed by atoms with Gasteiger partial charge in [0, 0.05) is 19.3 Å². The Balaban J connectivity index is 4.47. The summed E-state index contributed by atoms with van der Waals surface area (Å²) in [6.07, 6.45) is 64.5. The molecule has 362 valence electrons. The molecule has 6 heteroatoms. The fraction of sp³-hybridized carbons (Fsp3) is 0.737. The molecular weight excluding hydrogens is 781 g/mol. The minimum absolute atomic E-state index is 0.0954. The van der Waals surface area contributed by atoms with Gasteiger partial charge in [-0.1, -0.05) is 190 Å². The quantitative estimate of drug-likeness (QED) is 0.0262. The van der Waals surface area contributed by atoms with Gasteiger partial charge < -0.3 is 14.2 Å². The van der Waals surface area contributed by atoms with Crippen molar-refractivity contribution in [1.82, 2.24) is 0 Å². The second-order valence-electron chi connectivity index (χ2n) is 17.4. The van der Waals surface area contributed by atoms with Crippen LogP contribution in [0.3, 0.4) is 0 Å². The summed E-state index contributed by atoms with van der Waals surface area (Å²) in [6, 6.07) is 0. The summed E-state index contributed by atoms with van der Waals surface area (Å²) >= 11 is 0. The van der Waals surface area contributed by atoms with Gasteiger partial charge in [-0.25, -0.2) is 0 Å². The van der Waals surface area contributed by atoms with Gasteiger partial charge in [0.1, 0.15) is 13.2 Å². The molecule has 0 N–H and O–H groups in total. The Hall–Kier alpha value is -3.15. The van der Waals surface area contributed by atoms with Crippen LogP contribution in [-0.4, -0.2) is 37.2 Å². The number of rotatable bonds is 47. The number of esters is 3. The number of ether oxygens (including phenoxy) is 3. The highest BCUT2D eigenvalue weighted by Gasteiger charge is 2.19. The van der Waals surface area contributed by atoms with Gasteiger partial charge in [0.2, 0.25) is 0 Å². The summed E-state index contributed by atoms with van der Waals surface area (Å²) in [4.78, 5) is 38.0. The van der Waals surface area contributed by atoms with Crippen molar-refractivity contribution in [2.45, 2.75) is 258 Å². The lowest BCUT2D eigenvalue weighted by molar-refractivity contribution is -0.167. The lowest BCUT2D eigenvalue weighted by Crippen LogP contribution is -2.30. The molecule has 0 saturated carbocycles. The van der Waals surface area contributed by atoms with E-state index in [1.165, 1.54) is 116 Å². The van der Waals surface area contributed by atoms with Gasteiger partial charge in [0.05, 0.1) is 0 Å². The van der Waals surface area contributed by atoms with E-state index in [0.29, 0.717) is 12.8 Å². The molecule has 0 amide bonds. The van der Waals surface area contributed by atoms with Crippen LogP contribution in [0.15, 0.2) is 72.9 Å². The molecule has 0 atom stereocenters. The number of carbonyl (C=O) groups is 3. The van der Waals surface area contributed by atoms with Gasteiger partial charge >= 0.3 is 17.9 Å². The molecule has 0 aromatic carbocycles. The average Bonchev–Trinajstić information content (AvgIpc) is 3.28. The molecule has 0 spiro atoms. The van der Waals surface area contributed by atoms with Crippen molar-refractivity contribution in [2.24, 2.45) is 0 Å². The zero-order valence-electron chi connectivity index (χ0n) is 41.3. The zero-order valence-corrected chi connectivity index (χ0v) is 41.3. The minimum atomic E-state index is -0.798. The van der Waals surface area contributed by atoms with Crippen LogP contribution in [0.1, 0.15) is 252 Å². The third-order valence-electron chi connectivity index (χ3n) is 11.2. The van der Waals surface area contributed by atoms with Gasteiger partial charge in [-0.3, -0.25) is 14.4 Å². The first kappa shape index (κ1) is 59.9. The Bertz CT molecular complexity index is 1140. The van der Waals surface area contributed by atoms with Crippen molar-refractivity contribution in [2.75, 3.05) is 13.2 Å². The van der Waals surface area contributed by atoms with Crippen LogP contribution >= 0.6 is 0 Å². The van der Waals surface area contributed by atoms with E-state index in [1.807, 2.05) is 0 Å². The van der Waals surface area contributed by atoms with Crippen LogP contribution < -0.4 is 0 Å². The van der Waals surface area contributed by atoms with Crippen LogP contribution in [0.5, 0.6) is 0 Å². The molecule has 0 fully saturated rings. The lowest BCUT2D eigenvalue weighted by Gasteiger charge is -2.18. The molecule has 0 aliphatic heterocycles. The Morgan fingerprint density at radius 3 is 0.952 bits per heavy atom. The molecule has 0 heterocycles. The highest BCUT2D eigenvalue weighted by Crippen LogP contribution is 2.13. The first-order valence-electron chi connectivity index (χ1n) is 26.4. The van der Waals surface area contributed by atoms with E-state index in [4.69, 9.17) is 14.2 Å². The van der Waals surface area contributed by atoms with E-state index in [2.05, 4.69) is 93.7 Å². The molecule has 6 nitrogen and oxygen atoms in total. The molecule has 0 aliphatic carbocycles. The summed E-state index contributed by atoms with van der Waals surface area (Å²) in [5, 5.41) is 0. The summed E-state index contributed by atoms with van der Waals surface area (Å²) in [5.41, 5.74) is 0. The maximum Gasteiger partial charge on any atom is 0.306 e. The summed E-state index contributed by atoms with van der Waals surface area (Å²) in [6.45, 7) is 6.54. The van der Waals surface area contributed by atoms with Gasteiger partial charge in [-0.05, 0) is 116 Å². The van der Waals surface area contributed by atoms with E-state index < -0.39 is 6.10 Å². The van der Waals surface area contributed by atoms with Gasteiger partial charge in [0.15, 0.2) is 6.10 Å². The summed E-state index contributed by atoms with van der Waals surface area (Å²) in [5.74, 6) is -0.942. The standard InChI is InChI=1S/C57H98O6/c1-4-7-10-13-16-19-22-25-26-27-28-29-30-33-36-39-42-45-48-51-57(60)63-54(52-61-55(58)49-46-43-40-37-34-31-23-20-17-14-11-8-5-2)53-62-56(59)50-47-44-41-38-35-32-24-21-18-15-12-9-6-3/h16,19-21,23-26,28-29,33,36,54H,4-15,17-18,22,27,30-32,34-35,37-53H2,1-3H3/b19-16-,23-20-,24-21-,26-25-,29-28-,36-33-. The predicted octanol–water partition coefficient (Wildman–Crippen LogP) is 17.4. The smallest absolute Gasteiger partial charge is 0.306 e. The molecule has 0 aromatic rings. The zero-order chi connectivity index (χ0) is 45.8. The van der Waals surface area contributed by atoms with Crippen LogP contribution in [0.4, 0.5) is 0 Å². The second kappa shape index (κ2) is 51.5. The van der Waals surface area contributed by atoms with E-state index in [0.717, 1.165) is 96.3 Å². The molecule has 0 unspecified atom stereocenters. The molecule has 0 aromatic heterocycles. The molecule has 63 heavy (non-hydrogen) atoms. The van der Waals surface area contributed by atoms with E-state index >= 15 is 0 Å². The summed E-state index contributed by atoms with van der Waals surface area (Å²) < 4.78 is 16.8. The lowest BCUT2D eigenvalue weighted by atomic mass is 10.1. The van der Waals surface area contributed by atoms with Crippen LogP contribution in [-0.2, 0) is 28.6 Å². The average molecular weight is 879 g/mol. The van der Waals surface area contributed by atoms with Crippen molar-refractivity contribution < 1.29 is 28.6 Å². The van der Waals surface area contributed by atoms with Crippen molar-refractivity contribution >= 4 is 17.9 Å². The topological polar surface area (TPSA) is 78.9 Å². The summed E-state index contributed by atoms with van der Waals surface area (Å²) in [7, 11) is 0. The molecular formula is C57H98O6. The Morgan fingerprint density at radius 1 is 0.317 bits per heavy atom. The molecule has 0 radical (unpaired) electrons. The van der Waals surface area contributed by atoms with Gasteiger partial charge in [0.25, 0.3) is 0 Å². The molecule has 0 saturated heterocycles. The third-order valence-corrected chi connectivity index (χ3v) is 11.2. The first-order chi connectivity index (χ1) is 31.0. The van der Waals surface area contributed by atoms with Crippen LogP contribution in [0, 0.1) is 0 Å². The van der Waals surface area contributed by atoms with Crippen molar-refractivity contribution in [3.8, 4) is 0 Å². The maximum absolute atomic E-state index is 12.8. The fourth-order valence-electron chi connectivity index (χ4n) is 7.12. The minimum Gasteiger partial charge on any atom is -0.462 e. The van der Waals surface area contributed by atoms with Crippen molar-refractivity contribution in [1.29, 1.82) is 0 Å². The van der Waals surface area contributed by atoms with Crippen LogP contribution in [0.2, 0.25) is 0 Å². The second-order valence-corrected chi connectivity index (χ2v) is 17.4. The number of unbranched alkanes of at least 4 members (excludes halogenated alkanes) is 24. The normalized spacial score (nSPS) is 12.2. The SMILES string of the molecule is CCCCC/C=C\C/C=C\C/C=C\C/C=C\CCCCCC(=O)OC(COC(=O)CCCCCCC/C=C\CCCCCC)COC(=O)CCCCCCC/C=C\CCCCCC. The Kier molecular flexibility index (Phi) is 48.9. The number of hydrogen-bond acceptors (Lipinski definition) is 6. The molecule has 0 rings (SSSR count).